The molecule has 4 N–H and O–H groups in total. The Morgan fingerprint density at radius 1 is 0.972 bits per heavy atom. The Kier molecular flexibility index (Phi) is 12.0. The van der Waals surface area contributed by atoms with Gasteiger partial charge in [-0.15, -0.1) is 0 Å². The summed E-state index contributed by atoms with van der Waals surface area (Å²) in [5.74, 6) is -0.536. The monoisotopic (exact) mass is 507 g/mol. The quantitative estimate of drug-likeness (QED) is 0.254. The number of unbranched alkanes of at least 4 members (excludes halogenated alkanes) is 1. The molecular weight excluding hydrogens is 458 g/mol. The van der Waals surface area contributed by atoms with E-state index < -0.39 is 24.1 Å². The highest BCUT2D eigenvalue weighted by Gasteiger charge is 2.48. The molecule has 1 heterocycles. The van der Waals surface area contributed by atoms with Crippen molar-refractivity contribution in [3.63, 3.8) is 0 Å². The molecule has 0 aromatic heterocycles. The molecule has 0 aromatic rings. The molecule has 1 aliphatic heterocycles. The van der Waals surface area contributed by atoms with Crippen molar-refractivity contribution in [2.45, 2.75) is 134 Å². The molecule has 206 valence electrons. The van der Waals surface area contributed by atoms with Crippen LogP contribution in [0.15, 0.2) is 0 Å². The number of esters is 1. The molecule has 0 aromatic carbocycles. The van der Waals surface area contributed by atoms with Crippen molar-refractivity contribution in [3.8, 4) is 0 Å². The number of ether oxygens (including phenoxy) is 1. The Morgan fingerprint density at radius 3 is 2.33 bits per heavy atom. The van der Waals surface area contributed by atoms with E-state index in [9.17, 15) is 19.5 Å². The minimum atomic E-state index is -0.920. The molecule has 1 saturated heterocycles. The topological polar surface area (TPSA) is 122 Å². The lowest BCUT2D eigenvalue weighted by Crippen LogP contribution is -2.56. The number of carboxylic acid groups (broad SMARTS) is 1. The van der Waals surface area contributed by atoms with E-state index >= 15 is 0 Å². The molecule has 8 nitrogen and oxygen atoms in total. The number of carboxylic acids is 1. The van der Waals surface area contributed by atoms with Gasteiger partial charge in [-0.2, -0.15) is 0 Å². The third kappa shape index (κ3) is 7.91. The van der Waals surface area contributed by atoms with Gasteiger partial charge in [-0.25, -0.2) is 4.79 Å². The molecule has 1 amide bonds. The number of amides is 1. The van der Waals surface area contributed by atoms with E-state index in [-0.39, 0.29) is 23.8 Å². The van der Waals surface area contributed by atoms with E-state index in [1.807, 2.05) is 0 Å². The molecule has 5 atom stereocenters. The Hall–Kier alpha value is -1.67. The number of hydrogen-bond acceptors (Lipinski definition) is 6. The van der Waals surface area contributed by atoms with Crippen LogP contribution in [0.2, 0.25) is 0 Å². The van der Waals surface area contributed by atoms with Crippen molar-refractivity contribution in [2.75, 3.05) is 13.2 Å². The first kappa shape index (κ1) is 28.9. The Bertz CT molecular complexity index is 711. The first-order valence-corrected chi connectivity index (χ1v) is 14.6. The van der Waals surface area contributed by atoms with Crippen molar-refractivity contribution in [3.05, 3.63) is 0 Å². The predicted molar refractivity (Wildman–Crippen MR) is 139 cm³/mol. The van der Waals surface area contributed by atoms with Gasteiger partial charge in [-0.1, -0.05) is 57.8 Å². The van der Waals surface area contributed by atoms with Crippen LogP contribution in [-0.4, -0.2) is 65.2 Å². The molecule has 36 heavy (non-hydrogen) atoms. The number of aliphatic carboxylic acids is 1. The second-order valence-corrected chi connectivity index (χ2v) is 11.2. The summed E-state index contributed by atoms with van der Waals surface area (Å²) >= 11 is 0. The van der Waals surface area contributed by atoms with Crippen molar-refractivity contribution < 1.29 is 24.2 Å². The van der Waals surface area contributed by atoms with Gasteiger partial charge in [0.25, 0.3) is 0 Å². The molecule has 4 unspecified atom stereocenters. The summed E-state index contributed by atoms with van der Waals surface area (Å²) in [7, 11) is 0. The zero-order valence-electron chi connectivity index (χ0n) is 22.3. The molecule has 2 saturated carbocycles. The highest BCUT2D eigenvalue weighted by atomic mass is 16.5. The van der Waals surface area contributed by atoms with E-state index in [0.29, 0.717) is 38.3 Å². The number of likely N-dealkylation sites (tertiary alicyclic amines) is 1. The van der Waals surface area contributed by atoms with Crippen molar-refractivity contribution in [1.29, 1.82) is 0 Å². The van der Waals surface area contributed by atoms with Gasteiger partial charge in [-0.05, 0) is 70.3 Å². The number of fused-ring (bicyclic) bond motifs is 1. The molecule has 0 spiro atoms. The van der Waals surface area contributed by atoms with Crippen LogP contribution >= 0.6 is 0 Å². The molecule has 0 bridgehead atoms. The molecule has 3 aliphatic rings. The van der Waals surface area contributed by atoms with Gasteiger partial charge in [0.1, 0.15) is 12.1 Å². The zero-order valence-corrected chi connectivity index (χ0v) is 22.3. The van der Waals surface area contributed by atoms with Gasteiger partial charge in [0, 0.05) is 6.04 Å². The summed E-state index contributed by atoms with van der Waals surface area (Å²) < 4.78 is 5.40. The van der Waals surface area contributed by atoms with Crippen molar-refractivity contribution in [2.24, 2.45) is 17.6 Å². The maximum Gasteiger partial charge on any atom is 0.326 e. The fourth-order valence-electron chi connectivity index (χ4n) is 6.76. The van der Waals surface area contributed by atoms with E-state index in [4.69, 9.17) is 10.5 Å². The Labute approximate surface area is 217 Å². The van der Waals surface area contributed by atoms with Crippen LogP contribution in [0.1, 0.15) is 110 Å². The summed E-state index contributed by atoms with van der Waals surface area (Å²) in [5, 5.41) is 13.4. The van der Waals surface area contributed by atoms with Crippen LogP contribution in [0.4, 0.5) is 0 Å². The van der Waals surface area contributed by atoms with Gasteiger partial charge in [0.05, 0.1) is 12.6 Å². The van der Waals surface area contributed by atoms with Gasteiger partial charge < -0.3 is 20.5 Å². The lowest BCUT2D eigenvalue weighted by Gasteiger charge is -2.34. The summed E-state index contributed by atoms with van der Waals surface area (Å²) in [6.07, 6.45) is 15.5. The lowest BCUT2D eigenvalue weighted by atomic mass is 9.85. The smallest absolute Gasteiger partial charge is 0.326 e. The van der Waals surface area contributed by atoms with Crippen LogP contribution in [0, 0.1) is 11.8 Å². The fourth-order valence-corrected chi connectivity index (χ4v) is 6.76. The number of carbonyl (C=O) groups excluding carboxylic acids is 2. The fraction of sp³-hybridized carbons (Fsp3) is 0.893. The zero-order chi connectivity index (χ0) is 25.9. The van der Waals surface area contributed by atoms with Gasteiger partial charge in [-0.3, -0.25) is 14.9 Å². The Morgan fingerprint density at radius 2 is 1.67 bits per heavy atom. The number of rotatable bonds is 13. The Balaban J connectivity index is 1.78. The van der Waals surface area contributed by atoms with Crippen LogP contribution in [-0.2, 0) is 19.1 Å². The predicted octanol–water partition coefficient (Wildman–Crippen LogP) is 4.00. The summed E-state index contributed by atoms with van der Waals surface area (Å²) in [4.78, 5) is 40.9. The highest BCUT2D eigenvalue weighted by Crippen LogP contribution is 2.39. The molecule has 8 heteroatoms. The van der Waals surface area contributed by atoms with Gasteiger partial charge >= 0.3 is 11.9 Å². The largest absolute Gasteiger partial charge is 0.480 e. The second-order valence-electron chi connectivity index (χ2n) is 11.2. The molecule has 2 aliphatic carbocycles. The molecule has 0 radical (unpaired) electrons. The average molecular weight is 508 g/mol. The van der Waals surface area contributed by atoms with E-state index in [2.05, 4.69) is 5.32 Å². The minimum absolute atomic E-state index is 0.0248. The molecule has 3 rings (SSSR count). The standard InChI is InChI=1S/C28H49N3O5/c1-2-36-28(35)23(17-16-20-11-5-3-6-12-20)30-22(14-9-10-18-29)26(32)31-24-15-8-4-7-13-21(24)19-25(31)27(33)34/h20-25,30H,2-19,29H2,1H3,(H,33,34)/t21?,22-,23?,24?,25?/m0/s1. The first-order valence-electron chi connectivity index (χ1n) is 14.6. The van der Waals surface area contributed by atoms with Crippen LogP contribution < -0.4 is 11.1 Å². The normalized spacial score (nSPS) is 26.6. The van der Waals surface area contributed by atoms with Gasteiger partial charge in [0.2, 0.25) is 5.91 Å². The van der Waals surface area contributed by atoms with E-state index in [1.165, 1.54) is 32.1 Å². The number of nitrogens with two attached hydrogens (primary N) is 1. The average Bonchev–Trinajstić information content (AvgIpc) is 3.08. The molecular formula is C28H49N3O5. The van der Waals surface area contributed by atoms with Gasteiger partial charge in [0.15, 0.2) is 0 Å². The van der Waals surface area contributed by atoms with E-state index in [1.54, 1.807) is 11.8 Å². The van der Waals surface area contributed by atoms with E-state index in [0.717, 1.165) is 51.4 Å². The third-order valence-electron chi connectivity index (χ3n) is 8.68. The maximum atomic E-state index is 14.1. The maximum absolute atomic E-state index is 14.1. The summed E-state index contributed by atoms with van der Waals surface area (Å²) in [6, 6.07) is -1.98. The number of carbonyl (C=O) groups is 3. The van der Waals surface area contributed by atoms with Crippen molar-refractivity contribution in [1.82, 2.24) is 10.2 Å². The number of hydrogen-bond donors (Lipinski definition) is 3. The minimum Gasteiger partial charge on any atom is -0.480 e. The van der Waals surface area contributed by atoms with Crippen LogP contribution in [0.5, 0.6) is 0 Å². The van der Waals surface area contributed by atoms with Crippen LogP contribution in [0.3, 0.4) is 0 Å². The lowest BCUT2D eigenvalue weighted by molar-refractivity contribution is -0.152. The second kappa shape index (κ2) is 14.9. The number of nitrogens with one attached hydrogen (secondary N) is 1. The molecule has 3 fully saturated rings. The summed E-state index contributed by atoms with van der Waals surface area (Å²) in [5.41, 5.74) is 5.73. The van der Waals surface area contributed by atoms with Crippen LogP contribution in [0.25, 0.3) is 0 Å². The van der Waals surface area contributed by atoms with Crippen molar-refractivity contribution >= 4 is 17.8 Å². The third-order valence-corrected chi connectivity index (χ3v) is 8.68. The first-order chi connectivity index (χ1) is 17.5. The highest BCUT2D eigenvalue weighted by molar-refractivity contribution is 5.88. The summed E-state index contributed by atoms with van der Waals surface area (Å²) in [6.45, 7) is 2.63. The SMILES string of the molecule is CCOC(=O)C(CCC1CCCCC1)N[C@@H](CCCCN)C(=O)N1C(C(=O)O)CC2CCCCCC21. The number of nitrogens with zero attached hydrogens (tertiary/aromatic N) is 1.